The van der Waals surface area contributed by atoms with Gasteiger partial charge >= 0.3 is 0 Å². The molecule has 2 nitrogen and oxygen atoms in total. The van der Waals surface area contributed by atoms with Crippen molar-refractivity contribution in [3.05, 3.63) is 11.5 Å². The molecule has 1 radical (unpaired) electrons. The van der Waals surface area contributed by atoms with Gasteiger partial charge in [0.05, 0.1) is 0 Å². The average molecular weight is 341 g/mol. The summed E-state index contributed by atoms with van der Waals surface area (Å²) in [6.07, 6.45) is 0. The second-order valence-electron chi connectivity index (χ2n) is 0.500. The van der Waals surface area contributed by atoms with E-state index in [4.69, 9.17) is 11.5 Å². The molecule has 0 saturated carbocycles. The number of rotatable bonds is 1. The van der Waals surface area contributed by atoms with Gasteiger partial charge < -0.3 is 11.5 Å². The maximum atomic E-state index is 6.26. The molecule has 0 aromatic carbocycles. The van der Waals surface area contributed by atoms with E-state index in [1.807, 2.05) is 41.5 Å². The van der Waals surface area contributed by atoms with E-state index in [0.29, 0.717) is 0 Å². The van der Waals surface area contributed by atoms with Gasteiger partial charge in [0.25, 0.3) is 0 Å². The van der Waals surface area contributed by atoms with Crippen LogP contribution in [0.4, 0.5) is 0 Å². The first-order valence-corrected chi connectivity index (χ1v) is 4.21. The van der Waals surface area contributed by atoms with Crippen LogP contribution in [0.1, 0.15) is 41.5 Å². The third kappa shape index (κ3) is 315. The van der Waals surface area contributed by atoms with E-state index < -0.39 is 0 Å². The summed E-state index contributed by atoms with van der Waals surface area (Å²) in [4.78, 5) is 0. The standard InChI is InChI=1S/C2H6N2.3C2H6.Ir/c3-1-2-4;3*1-2;/h3-4H,1-2H2;3*1-2H3;/q-2;;;;. The summed E-state index contributed by atoms with van der Waals surface area (Å²) in [5, 5.41) is 0. The molecule has 0 fully saturated rings. The molecule has 0 rings (SSSR count). The summed E-state index contributed by atoms with van der Waals surface area (Å²) in [6.45, 7) is 12.5. The summed E-state index contributed by atoms with van der Waals surface area (Å²) in [5.41, 5.74) is 12.5. The number of nitrogens with one attached hydrogen (secondary N) is 2. The van der Waals surface area contributed by atoms with Crippen LogP contribution in [0.15, 0.2) is 0 Å². The topological polar surface area (TPSA) is 47.6 Å². The molecule has 0 atom stereocenters. The maximum Gasteiger partial charge on any atom is 0 e. The van der Waals surface area contributed by atoms with E-state index in [1.165, 1.54) is 0 Å². The number of hydrogen-bond donors (Lipinski definition) is 0. The largest absolute Gasteiger partial charge is 0.679 e. The van der Waals surface area contributed by atoms with Gasteiger partial charge in [-0.1, -0.05) is 41.5 Å². The minimum Gasteiger partial charge on any atom is -0.679 e. The molecule has 77 valence electrons. The Kier molecular flexibility index (Phi) is 399. The molecule has 0 aliphatic heterocycles. The van der Waals surface area contributed by atoms with E-state index in [2.05, 4.69) is 0 Å². The van der Waals surface area contributed by atoms with Crippen LogP contribution in [-0.4, -0.2) is 13.1 Å². The predicted octanol–water partition coefficient (Wildman–Crippen LogP) is 4.17. The molecular weight excluding hydrogens is 316 g/mol. The smallest absolute Gasteiger partial charge is 0 e. The molecule has 0 amide bonds. The molecule has 0 spiro atoms. The summed E-state index contributed by atoms with van der Waals surface area (Å²) in [6, 6.07) is 0. The fraction of sp³-hybridized carbons (Fsp3) is 1.00. The van der Waals surface area contributed by atoms with Crippen molar-refractivity contribution in [3.8, 4) is 0 Å². The van der Waals surface area contributed by atoms with E-state index in [9.17, 15) is 0 Å². The average Bonchev–Trinajstić information content (AvgIpc) is 2.14. The Balaban J connectivity index is -0.0000000152. The van der Waals surface area contributed by atoms with Gasteiger partial charge in [-0.3, -0.25) is 0 Å². The van der Waals surface area contributed by atoms with Crippen LogP contribution in [0.25, 0.3) is 11.5 Å². The van der Waals surface area contributed by atoms with Crippen molar-refractivity contribution in [1.82, 2.24) is 0 Å². The van der Waals surface area contributed by atoms with E-state index >= 15 is 0 Å². The van der Waals surface area contributed by atoms with Crippen LogP contribution in [0.3, 0.4) is 0 Å². The number of hydrogen-bond acceptors (Lipinski definition) is 0. The van der Waals surface area contributed by atoms with Gasteiger partial charge in [0.15, 0.2) is 0 Å². The summed E-state index contributed by atoms with van der Waals surface area (Å²) >= 11 is 0. The molecule has 0 aromatic heterocycles. The second-order valence-corrected chi connectivity index (χ2v) is 0.500. The van der Waals surface area contributed by atoms with Crippen LogP contribution >= 0.6 is 0 Å². The second kappa shape index (κ2) is 147. The molecule has 0 aromatic rings. The zero-order valence-corrected chi connectivity index (χ0v) is 11.1. The minimum absolute atomic E-state index is 0. The van der Waals surface area contributed by atoms with Gasteiger partial charge in [-0.25, -0.2) is 0 Å². The molecule has 11 heavy (non-hydrogen) atoms. The SMILES string of the molecule is CC.CC.CC.[Ir].[NH-]CC[NH-]. The van der Waals surface area contributed by atoms with E-state index in [0.717, 1.165) is 0 Å². The fourth-order valence-electron chi connectivity index (χ4n) is 0. The quantitative estimate of drug-likeness (QED) is 0.688. The third-order valence-electron chi connectivity index (χ3n) is 0.125. The Labute approximate surface area is 86.5 Å². The summed E-state index contributed by atoms with van der Waals surface area (Å²) in [5.74, 6) is 0. The zero-order valence-electron chi connectivity index (χ0n) is 8.75. The van der Waals surface area contributed by atoms with Crippen LogP contribution in [0.5, 0.6) is 0 Å². The van der Waals surface area contributed by atoms with Crippen LogP contribution in [0.2, 0.25) is 0 Å². The Bertz CT molecular complexity index is 14.1. The van der Waals surface area contributed by atoms with Crippen molar-refractivity contribution in [3.63, 3.8) is 0 Å². The van der Waals surface area contributed by atoms with Crippen LogP contribution in [0, 0.1) is 0 Å². The molecular formula is C8H24IrN2-2. The maximum absolute atomic E-state index is 6.26. The molecule has 3 heteroatoms. The van der Waals surface area contributed by atoms with Gasteiger partial charge in [-0.2, -0.15) is 13.1 Å². The first kappa shape index (κ1) is 29.9. The third-order valence-corrected chi connectivity index (χ3v) is 0.125. The van der Waals surface area contributed by atoms with Crippen molar-refractivity contribution < 1.29 is 20.1 Å². The molecule has 0 aliphatic carbocycles. The van der Waals surface area contributed by atoms with Crippen LogP contribution in [-0.2, 0) is 20.1 Å². The zero-order chi connectivity index (χ0) is 9.41. The molecule has 0 aliphatic rings. The summed E-state index contributed by atoms with van der Waals surface area (Å²) in [7, 11) is 0. The van der Waals surface area contributed by atoms with Crippen molar-refractivity contribution >= 4 is 0 Å². The Hall–Kier alpha value is 0.569. The fourth-order valence-corrected chi connectivity index (χ4v) is 0. The van der Waals surface area contributed by atoms with E-state index in [1.54, 1.807) is 0 Å². The van der Waals surface area contributed by atoms with Gasteiger partial charge in [-0.05, 0) is 0 Å². The Morgan fingerprint density at radius 2 is 0.727 bits per heavy atom. The molecule has 0 heterocycles. The molecule has 0 bridgehead atoms. The van der Waals surface area contributed by atoms with Gasteiger partial charge in [-0.15, -0.1) is 0 Å². The molecule has 0 saturated heterocycles. The van der Waals surface area contributed by atoms with Crippen molar-refractivity contribution in [2.75, 3.05) is 13.1 Å². The molecule has 0 unspecified atom stereocenters. The summed E-state index contributed by atoms with van der Waals surface area (Å²) < 4.78 is 0. The van der Waals surface area contributed by atoms with Crippen molar-refractivity contribution in [1.29, 1.82) is 0 Å². The normalized spacial score (nSPS) is 4.36. The van der Waals surface area contributed by atoms with Gasteiger partial charge in [0.2, 0.25) is 0 Å². The van der Waals surface area contributed by atoms with Gasteiger partial charge in [0, 0.05) is 20.1 Å². The van der Waals surface area contributed by atoms with E-state index in [-0.39, 0.29) is 33.2 Å². The molecule has 2 N–H and O–H groups in total. The first-order chi connectivity index (χ1) is 4.91. The van der Waals surface area contributed by atoms with Crippen LogP contribution < -0.4 is 0 Å². The van der Waals surface area contributed by atoms with Crippen molar-refractivity contribution in [2.24, 2.45) is 0 Å². The van der Waals surface area contributed by atoms with Crippen molar-refractivity contribution in [2.45, 2.75) is 41.5 Å². The Morgan fingerprint density at radius 3 is 0.727 bits per heavy atom. The predicted molar refractivity (Wildman–Crippen MR) is 52.4 cm³/mol. The minimum atomic E-state index is 0. The Morgan fingerprint density at radius 1 is 0.636 bits per heavy atom. The van der Waals surface area contributed by atoms with Gasteiger partial charge in [0.1, 0.15) is 0 Å². The first-order valence-electron chi connectivity index (χ1n) is 4.21. The monoisotopic (exact) mass is 341 g/mol.